The van der Waals surface area contributed by atoms with E-state index in [4.69, 9.17) is 9.47 Å². The molecule has 0 aliphatic carbocycles. The van der Waals surface area contributed by atoms with E-state index in [1.165, 1.54) is 5.69 Å². The van der Waals surface area contributed by atoms with Gasteiger partial charge in [-0.1, -0.05) is 18.2 Å². The summed E-state index contributed by atoms with van der Waals surface area (Å²) >= 11 is 0. The van der Waals surface area contributed by atoms with Gasteiger partial charge in [0, 0.05) is 79.6 Å². The number of para-hydroxylation sites is 1. The Hall–Kier alpha value is -2.32. The summed E-state index contributed by atoms with van der Waals surface area (Å²) < 4.78 is 11.3. The van der Waals surface area contributed by atoms with Crippen molar-refractivity contribution in [3.05, 3.63) is 30.3 Å². The van der Waals surface area contributed by atoms with Crippen LogP contribution in [0.2, 0.25) is 0 Å². The van der Waals surface area contributed by atoms with Gasteiger partial charge in [0.25, 0.3) is 0 Å². The predicted octanol–water partition coefficient (Wildman–Crippen LogP) is 1.33. The Labute approximate surface area is 180 Å². The second kappa shape index (κ2) is 12.4. The maximum Gasteiger partial charge on any atom is 0.243 e. The molecule has 8 nitrogen and oxygen atoms in total. The summed E-state index contributed by atoms with van der Waals surface area (Å²) in [5.74, 6) is 0.600. The lowest BCUT2D eigenvalue weighted by Crippen LogP contribution is -2.51. The topological polar surface area (TPSA) is 78.4 Å². The van der Waals surface area contributed by atoms with Crippen molar-refractivity contribution in [2.24, 2.45) is 4.99 Å². The first kappa shape index (κ1) is 24.0. The molecule has 0 aromatic heterocycles. The third-order valence-corrected chi connectivity index (χ3v) is 5.45. The van der Waals surface area contributed by atoms with Gasteiger partial charge in [-0.05, 0) is 18.6 Å². The number of hydrogen-bond acceptors (Lipinski definition) is 5. The third-order valence-electron chi connectivity index (χ3n) is 5.45. The summed E-state index contributed by atoms with van der Waals surface area (Å²) in [5.41, 5.74) is 0.933. The van der Waals surface area contributed by atoms with E-state index in [1.807, 2.05) is 18.2 Å². The van der Waals surface area contributed by atoms with Crippen LogP contribution in [0.25, 0.3) is 0 Å². The fourth-order valence-electron chi connectivity index (χ4n) is 3.24. The van der Waals surface area contributed by atoms with Crippen molar-refractivity contribution in [3.63, 3.8) is 0 Å². The first-order valence-corrected chi connectivity index (χ1v) is 10.6. The molecule has 1 aromatic carbocycles. The molecule has 0 unspecified atom stereocenters. The molecule has 0 atom stereocenters. The van der Waals surface area contributed by atoms with Gasteiger partial charge in [-0.25, -0.2) is 4.99 Å². The minimum atomic E-state index is -0.264. The van der Waals surface area contributed by atoms with Crippen molar-refractivity contribution < 1.29 is 14.3 Å². The molecule has 168 valence electrons. The van der Waals surface area contributed by atoms with E-state index in [0.29, 0.717) is 25.7 Å². The molecule has 8 heteroatoms. The molecule has 30 heavy (non-hydrogen) atoms. The van der Waals surface area contributed by atoms with E-state index in [9.17, 15) is 4.79 Å². The molecule has 0 bridgehead atoms. The number of likely N-dealkylation sites (N-methyl/N-ethyl adjacent to an activating group) is 1. The maximum atomic E-state index is 12.0. The molecular weight excluding hydrogens is 382 g/mol. The number of benzene rings is 1. The fourth-order valence-corrected chi connectivity index (χ4v) is 3.24. The smallest absolute Gasteiger partial charge is 0.243 e. The summed E-state index contributed by atoms with van der Waals surface area (Å²) in [6.45, 7) is 3.79. The lowest BCUT2D eigenvalue weighted by Gasteiger charge is -2.36. The molecular formula is C22H37N5O3. The number of carbonyl (C=O) groups is 1. The number of nitrogens with one attached hydrogen (secondary N) is 2. The van der Waals surface area contributed by atoms with E-state index < -0.39 is 0 Å². The summed E-state index contributed by atoms with van der Waals surface area (Å²) in [6, 6.07) is 10.3. The maximum absolute atomic E-state index is 12.0. The Balaban J connectivity index is 1.87. The lowest BCUT2D eigenvalue weighted by molar-refractivity contribution is -0.127. The SMILES string of the molecule is COC1(CNC(=NCC(=O)N(C)C)NCCCN(C)c2ccccc2)CCOCC1. The minimum absolute atomic E-state index is 0.0348. The molecule has 2 N–H and O–H groups in total. The Morgan fingerprint density at radius 3 is 2.50 bits per heavy atom. The van der Waals surface area contributed by atoms with Crippen LogP contribution >= 0.6 is 0 Å². The number of carbonyl (C=O) groups excluding carboxylic acids is 1. The van der Waals surface area contributed by atoms with Crippen molar-refractivity contribution >= 4 is 17.6 Å². The summed E-state index contributed by atoms with van der Waals surface area (Å²) in [5, 5.41) is 6.73. The van der Waals surface area contributed by atoms with Gasteiger partial charge in [-0.3, -0.25) is 4.79 Å². The number of ether oxygens (including phenoxy) is 2. The van der Waals surface area contributed by atoms with Crippen LogP contribution < -0.4 is 15.5 Å². The molecule has 1 aliphatic rings. The average Bonchev–Trinajstić information content (AvgIpc) is 2.78. The average molecular weight is 420 g/mol. The van der Waals surface area contributed by atoms with E-state index in [0.717, 1.165) is 32.4 Å². The Bertz CT molecular complexity index is 660. The molecule has 1 fully saturated rings. The number of hydrogen-bond donors (Lipinski definition) is 2. The van der Waals surface area contributed by atoms with Crippen LogP contribution in [0.3, 0.4) is 0 Å². The lowest BCUT2D eigenvalue weighted by atomic mass is 9.94. The first-order valence-electron chi connectivity index (χ1n) is 10.6. The number of guanidine groups is 1. The van der Waals surface area contributed by atoms with Crippen LogP contribution in [0.4, 0.5) is 5.69 Å². The van der Waals surface area contributed by atoms with Gasteiger partial charge in [-0.2, -0.15) is 0 Å². The van der Waals surface area contributed by atoms with Crippen molar-refractivity contribution in [2.45, 2.75) is 24.9 Å². The standard InChI is InChI=1S/C22H37N5O3/c1-26(2)20(28)17-24-21(25-18-22(29-4)11-15-30-16-12-22)23-13-8-14-27(3)19-9-6-5-7-10-19/h5-7,9-10H,8,11-18H2,1-4H3,(H2,23,24,25). The normalized spacial score (nSPS) is 16.1. The third kappa shape index (κ3) is 7.84. The highest BCUT2D eigenvalue weighted by molar-refractivity contribution is 5.84. The first-order chi connectivity index (χ1) is 14.5. The molecule has 1 saturated heterocycles. The fraction of sp³-hybridized carbons (Fsp3) is 0.636. The molecule has 1 aliphatic heterocycles. The van der Waals surface area contributed by atoms with E-state index in [-0.39, 0.29) is 18.1 Å². The molecule has 1 heterocycles. The molecule has 0 saturated carbocycles. The van der Waals surface area contributed by atoms with Crippen LogP contribution in [0, 0.1) is 0 Å². The van der Waals surface area contributed by atoms with Crippen LogP contribution in [-0.2, 0) is 14.3 Å². The molecule has 1 amide bonds. The second-order valence-electron chi connectivity index (χ2n) is 7.84. The minimum Gasteiger partial charge on any atom is -0.381 e. The van der Waals surface area contributed by atoms with E-state index >= 15 is 0 Å². The number of aliphatic imine (C=N–C) groups is 1. The van der Waals surface area contributed by atoms with Gasteiger partial charge in [0.15, 0.2) is 5.96 Å². The van der Waals surface area contributed by atoms with Gasteiger partial charge >= 0.3 is 0 Å². The second-order valence-corrected chi connectivity index (χ2v) is 7.84. The summed E-state index contributed by atoms with van der Waals surface area (Å²) in [7, 11) is 7.30. The molecule has 0 radical (unpaired) electrons. The Morgan fingerprint density at radius 1 is 1.17 bits per heavy atom. The highest BCUT2D eigenvalue weighted by Gasteiger charge is 2.32. The zero-order valence-electron chi connectivity index (χ0n) is 18.8. The predicted molar refractivity (Wildman–Crippen MR) is 121 cm³/mol. The number of amides is 1. The van der Waals surface area contributed by atoms with Gasteiger partial charge in [-0.15, -0.1) is 0 Å². The van der Waals surface area contributed by atoms with Crippen molar-refractivity contribution in [2.75, 3.05) is 72.5 Å². The van der Waals surface area contributed by atoms with Gasteiger partial charge < -0.3 is 29.9 Å². The molecule has 0 spiro atoms. The van der Waals surface area contributed by atoms with E-state index in [2.05, 4.69) is 39.7 Å². The monoisotopic (exact) mass is 419 g/mol. The summed E-state index contributed by atoms with van der Waals surface area (Å²) in [4.78, 5) is 20.2. The van der Waals surface area contributed by atoms with Gasteiger partial charge in [0.1, 0.15) is 6.54 Å². The number of anilines is 1. The Kier molecular flexibility index (Phi) is 9.89. The molecule has 2 rings (SSSR count). The summed E-state index contributed by atoms with van der Waals surface area (Å²) in [6.07, 6.45) is 2.61. The van der Waals surface area contributed by atoms with E-state index in [1.54, 1.807) is 26.1 Å². The number of nitrogens with zero attached hydrogens (tertiary/aromatic N) is 3. The Morgan fingerprint density at radius 2 is 1.87 bits per heavy atom. The largest absolute Gasteiger partial charge is 0.381 e. The van der Waals surface area contributed by atoms with Crippen LogP contribution in [-0.4, -0.2) is 90.0 Å². The van der Waals surface area contributed by atoms with Crippen LogP contribution in [0.1, 0.15) is 19.3 Å². The number of rotatable bonds is 10. The highest BCUT2D eigenvalue weighted by atomic mass is 16.5. The zero-order chi connectivity index (χ0) is 21.8. The number of methoxy groups -OCH3 is 1. The van der Waals surface area contributed by atoms with Gasteiger partial charge in [0.2, 0.25) is 5.91 Å². The quantitative estimate of drug-likeness (QED) is 0.338. The zero-order valence-corrected chi connectivity index (χ0v) is 18.8. The van der Waals surface area contributed by atoms with Crippen LogP contribution in [0.5, 0.6) is 0 Å². The van der Waals surface area contributed by atoms with Crippen molar-refractivity contribution in [1.29, 1.82) is 0 Å². The van der Waals surface area contributed by atoms with Gasteiger partial charge in [0.05, 0.1) is 5.60 Å². The molecule has 1 aromatic rings. The van der Waals surface area contributed by atoms with Crippen molar-refractivity contribution in [3.8, 4) is 0 Å². The van der Waals surface area contributed by atoms with Crippen LogP contribution in [0.15, 0.2) is 35.3 Å². The highest BCUT2D eigenvalue weighted by Crippen LogP contribution is 2.23. The van der Waals surface area contributed by atoms with Crippen molar-refractivity contribution in [1.82, 2.24) is 15.5 Å².